The quantitative estimate of drug-likeness (QED) is 0.560. The topological polar surface area (TPSA) is 27.1 Å². The molecule has 0 atom stereocenters. The van der Waals surface area contributed by atoms with Crippen LogP contribution in [0.4, 0.5) is 0 Å². The summed E-state index contributed by atoms with van der Waals surface area (Å²) < 4.78 is 7.27. The number of aromatic nitrogens is 2. The number of hydrogen-bond acceptors (Lipinski definition) is 3. The largest absolute Gasteiger partial charge is 0.372 e. The van der Waals surface area contributed by atoms with Crippen molar-refractivity contribution >= 4 is 12.6 Å². The Morgan fingerprint density at radius 3 is 3.40 bits per heavy atom. The van der Waals surface area contributed by atoms with Crippen molar-refractivity contribution in [2.24, 2.45) is 0 Å². The Balaban J connectivity index is 2.41. The predicted octanol–water partition coefficient (Wildman–Crippen LogP) is 0.702. The van der Waals surface area contributed by atoms with Crippen LogP contribution in [0.25, 0.3) is 0 Å². The molecule has 1 aromatic rings. The first-order valence-corrected chi connectivity index (χ1v) is 3.64. The zero-order valence-corrected chi connectivity index (χ0v) is 6.34. The van der Waals surface area contributed by atoms with E-state index in [9.17, 15) is 0 Å². The van der Waals surface area contributed by atoms with E-state index < -0.39 is 0 Å². The van der Waals surface area contributed by atoms with Crippen LogP contribution in [0.1, 0.15) is 5.82 Å². The normalized spacial score (nSPS) is 16.9. The van der Waals surface area contributed by atoms with Crippen LogP contribution in [-0.2, 0) is 17.9 Å². The Morgan fingerprint density at radius 1 is 1.70 bits per heavy atom. The van der Waals surface area contributed by atoms with Gasteiger partial charge in [0.05, 0.1) is 6.61 Å². The fraction of sp³-hybridized carbons (Fsp3) is 0.500. The fourth-order valence-corrected chi connectivity index (χ4v) is 1.33. The first kappa shape index (κ1) is 6.24. The molecule has 4 heteroatoms. The maximum Gasteiger partial charge on any atom is 0.136 e. The molecular formula is C6H8N2OS. The lowest BCUT2D eigenvalue weighted by Gasteiger charge is -2.12. The molecule has 1 aromatic heterocycles. The average molecular weight is 156 g/mol. The van der Waals surface area contributed by atoms with Crippen molar-refractivity contribution in [2.75, 3.05) is 6.61 Å². The van der Waals surface area contributed by atoms with E-state index in [2.05, 4.69) is 22.2 Å². The second kappa shape index (κ2) is 2.29. The van der Waals surface area contributed by atoms with Gasteiger partial charge in [-0.3, -0.25) is 0 Å². The van der Waals surface area contributed by atoms with Gasteiger partial charge in [-0.25, -0.2) is 4.98 Å². The lowest BCUT2D eigenvalue weighted by Crippen LogP contribution is -2.15. The van der Waals surface area contributed by atoms with Crippen molar-refractivity contribution in [3.05, 3.63) is 12.0 Å². The molecule has 0 fully saturated rings. The van der Waals surface area contributed by atoms with E-state index >= 15 is 0 Å². The molecule has 0 N–H and O–H groups in total. The van der Waals surface area contributed by atoms with Crippen LogP contribution in [0.5, 0.6) is 0 Å². The summed E-state index contributed by atoms with van der Waals surface area (Å²) in [6, 6.07) is 0. The Morgan fingerprint density at radius 2 is 2.60 bits per heavy atom. The van der Waals surface area contributed by atoms with Gasteiger partial charge in [-0.05, 0) is 0 Å². The molecule has 1 aliphatic heterocycles. The number of fused-ring (bicyclic) bond motifs is 1. The molecule has 0 unspecified atom stereocenters. The summed E-state index contributed by atoms with van der Waals surface area (Å²) in [5.41, 5.74) is 0. The molecule has 0 radical (unpaired) electrons. The number of hydrogen-bond donors (Lipinski definition) is 1. The van der Waals surface area contributed by atoms with Crippen molar-refractivity contribution < 1.29 is 4.74 Å². The molecular weight excluding hydrogens is 148 g/mol. The summed E-state index contributed by atoms with van der Waals surface area (Å²) in [4.78, 5) is 4.15. The Hall–Kier alpha value is -0.480. The lowest BCUT2D eigenvalue weighted by molar-refractivity contribution is 0.0816. The molecule has 0 amide bonds. The van der Waals surface area contributed by atoms with Gasteiger partial charge in [0, 0.05) is 12.7 Å². The van der Waals surface area contributed by atoms with Crippen LogP contribution >= 0.6 is 12.6 Å². The summed E-state index contributed by atoms with van der Waals surface area (Å²) in [5.74, 6) is 0.983. The van der Waals surface area contributed by atoms with E-state index in [1.807, 2.05) is 6.20 Å². The van der Waals surface area contributed by atoms with Crippen molar-refractivity contribution in [2.45, 2.75) is 18.2 Å². The number of imidazole rings is 1. The monoisotopic (exact) mass is 156 g/mol. The first-order valence-electron chi connectivity index (χ1n) is 3.19. The zero-order valence-electron chi connectivity index (χ0n) is 5.45. The van der Waals surface area contributed by atoms with Crippen LogP contribution in [0, 0.1) is 0 Å². The maximum atomic E-state index is 5.19. The highest BCUT2D eigenvalue weighted by Crippen LogP contribution is 2.11. The van der Waals surface area contributed by atoms with E-state index in [0.29, 0.717) is 6.61 Å². The second-order valence-electron chi connectivity index (χ2n) is 2.26. The van der Waals surface area contributed by atoms with Crippen LogP contribution in [0.3, 0.4) is 0 Å². The molecule has 0 spiro atoms. The Bertz CT molecular complexity index is 222. The predicted molar refractivity (Wildman–Crippen MR) is 39.1 cm³/mol. The van der Waals surface area contributed by atoms with Gasteiger partial charge < -0.3 is 9.30 Å². The van der Waals surface area contributed by atoms with E-state index in [-0.39, 0.29) is 0 Å². The van der Waals surface area contributed by atoms with Crippen LogP contribution in [-0.4, -0.2) is 16.2 Å². The summed E-state index contributed by atoms with van der Waals surface area (Å²) >= 11 is 4.12. The summed E-state index contributed by atoms with van der Waals surface area (Å²) in [5, 5.41) is 0.778. The van der Waals surface area contributed by atoms with Gasteiger partial charge in [-0.2, -0.15) is 0 Å². The third-order valence-corrected chi connectivity index (χ3v) is 1.77. The van der Waals surface area contributed by atoms with Crippen LogP contribution in [0.2, 0.25) is 0 Å². The van der Waals surface area contributed by atoms with Crippen molar-refractivity contribution in [3.8, 4) is 0 Å². The number of thiol groups is 1. The zero-order chi connectivity index (χ0) is 6.97. The highest BCUT2D eigenvalue weighted by atomic mass is 32.1. The Kier molecular flexibility index (Phi) is 1.43. The molecule has 3 nitrogen and oxygen atoms in total. The molecule has 10 heavy (non-hydrogen) atoms. The van der Waals surface area contributed by atoms with Crippen LogP contribution < -0.4 is 0 Å². The minimum absolute atomic E-state index is 0.626. The third-order valence-electron chi connectivity index (χ3n) is 1.55. The Labute approximate surface area is 64.4 Å². The highest BCUT2D eigenvalue weighted by molar-refractivity contribution is 7.80. The van der Waals surface area contributed by atoms with E-state index in [4.69, 9.17) is 4.74 Å². The number of rotatable bonds is 0. The molecule has 2 heterocycles. The van der Waals surface area contributed by atoms with E-state index in [1.165, 1.54) is 0 Å². The van der Waals surface area contributed by atoms with Crippen LogP contribution in [0.15, 0.2) is 11.2 Å². The van der Waals surface area contributed by atoms with Gasteiger partial charge in [0.25, 0.3) is 0 Å². The third kappa shape index (κ3) is 0.932. The fourth-order valence-electron chi connectivity index (χ4n) is 1.07. The molecule has 54 valence electrons. The maximum absolute atomic E-state index is 5.19. The molecule has 2 rings (SSSR count). The molecule has 0 saturated heterocycles. The van der Waals surface area contributed by atoms with Crippen molar-refractivity contribution in [1.82, 2.24) is 9.55 Å². The molecule has 0 aromatic carbocycles. The van der Waals surface area contributed by atoms with Crippen molar-refractivity contribution in [3.63, 3.8) is 0 Å². The minimum atomic E-state index is 0.626. The van der Waals surface area contributed by atoms with E-state index in [0.717, 1.165) is 24.0 Å². The van der Waals surface area contributed by atoms with Gasteiger partial charge in [0.1, 0.15) is 17.5 Å². The van der Waals surface area contributed by atoms with Gasteiger partial charge >= 0.3 is 0 Å². The molecule has 1 aliphatic rings. The molecule has 0 aliphatic carbocycles. The number of nitrogens with zero attached hydrogens (tertiary/aromatic N) is 2. The summed E-state index contributed by atoms with van der Waals surface area (Å²) in [6.07, 6.45) is 1.93. The lowest BCUT2D eigenvalue weighted by atomic mass is 10.5. The van der Waals surface area contributed by atoms with E-state index in [1.54, 1.807) is 0 Å². The summed E-state index contributed by atoms with van der Waals surface area (Å²) in [6.45, 7) is 2.32. The van der Waals surface area contributed by atoms with Gasteiger partial charge in [-0.1, -0.05) is 0 Å². The van der Waals surface area contributed by atoms with Crippen molar-refractivity contribution in [1.29, 1.82) is 0 Å². The van der Waals surface area contributed by atoms with Gasteiger partial charge in [0.15, 0.2) is 0 Å². The number of ether oxygens (including phenoxy) is 1. The molecule has 0 bridgehead atoms. The summed E-state index contributed by atoms with van der Waals surface area (Å²) in [7, 11) is 0. The molecule has 0 saturated carbocycles. The SMILES string of the molecule is Sc1cn2c(n1)COCC2. The van der Waals surface area contributed by atoms with Gasteiger partial charge in [0.2, 0.25) is 0 Å². The average Bonchev–Trinajstić information content (AvgIpc) is 2.27. The minimum Gasteiger partial charge on any atom is -0.372 e. The standard InChI is InChI=1S/C6H8N2OS/c10-6-3-8-1-2-9-4-5(8)7-6/h3,10H,1-2,4H2. The first-order chi connectivity index (χ1) is 4.86. The second-order valence-corrected chi connectivity index (χ2v) is 2.72. The van der Waals surface area contributed by atoms with Gasteiger partial charge in [-0.15, -0.1) is 12.6 Å². The highest BCUT2D eigenvalue weighted by Gasteiger charge is 2.09. The smallest absolute Gasteiger partial charge is 0.136 e.